The lowest BCUT2D eigenvalue weighted by Crippen LogP contribution is -2.39. The summed E-state index contributed by atoms with van der Waals surface area (Å²) >= 11 is 3.00. The van der Waals surface area contributed by atoms with Crippen LogP contribution in [0, 0.1) is 11.2 Å². The third-order valence-electron chi connectivity index (χ3n) is 3.59. The summed E-state index contributed by atoms with van der Waals surface area (Å²) in [4.78, 5) is -0.0612. The molecule has 4 nitrogen and oxygen atoms in total. The van der Waals surface area contributed by atoms with Crippen molar-refractivity contribution in [2.24, 2.45) is 5.41 Å². The van der Waals surface area contributed by atoms with E-state index in [0.29, 0.717) is 19.8 Å². The molecule has 1 heterocycles. The lowest BCUT2D eigenvalue weighted by Gasteiger charge is -2.33. The van der Waals surface area contributed by atoms with Crippen LogP contribution in [0.1, 0.15) is 19.8 Å². The van der Waals surface area contributed by atoms with Gasteiger partial charge in [0.2, 0.25) is 10.0 Å². The lowest BCUT2D eigenvalue weighted by molar-refractivity contribution is 0.0265. The molecule has 2 rings (SSSR count). The Morgan fingerprint density at radius 3 is 2.65 bits per heavy atom. The van der Waals surface area contributed by atoms with Crippen molar-refractivity contribution in [3.63, 3.8) is 0 Å². The minimum absolute atomic E-state index is 0.0612. The smallest absolute Gasteiger partial charge is 0.240 e. The molecule has 0 bridgehead atoms. The Kier molecular flexibility index (Phi) is 4.84. The number of halogens is 2. The van der Waals surface area contributed by atoms with E-state index in [4.69, 9.17) is 4.74 Å². The number of hydrogen-bond acceptors (Lipinski definition) is 3. The molecule has 0 aromatic heterocycles. The molecule has 1 aliphatic heterocycles. The van der Waals surface area contributed by atoms with E-state index in [1.165, 1.54) is 12.1 Å². The van der Waals surface area contributed by atoms with Gasteiger partial charge >= 0.3 is 0 Å². The molecule has 112 valence electrons. The summed E-state index contributed by atoms with van der Waals surface area (Å²) in [7, 11) is -3.69. The third-order valence-corrected chi connectivity index (χ3v) is 5.63. The van der Waals surface area contributed by atoms with Gasteiger partial charge in [0.05, 0.1) is 9.37 Å². The molecule has 0 atom stereocenters. The second-order valence-electron chi connectivity index (χ2n) is 5.32. The van der Waals surface area contributed by atoms with Gasteiger partial charge in [-0.15, -0.1) is 0 Å². The molecule has 1 aromatic carbocycles. The molecule has 1 aromatic rings. The molecular formula is C13H17BrFNO3S. The molecule has 7 heteroatoms. The number of nitrogens with one attached hydrogen (secondary N) is 1. The number of sulfonamides is 1. The summed E-state index contributed by atoms with van der Waals surface area (Å²) in [6, 6.07) is 3.78. The van der Waals surface area contributed by atoms with Gasteiger partial charge < -0.3 is 4.74 Å². The summed E-state index contributed by atoms with van der Waals surface area (Å²) in [6.07, 6.45) is 1.62. The minimum atomic E-state index is -3.69. The van der Waals surface area contributed by atoms with E-state index in [1.807, 2.05) is 6.92 Å². The van der Waals surface area contributed by atoms with E-state index in [-0.39, 0.29) is 14.8 Å². The molecular weight excluding hydrogens is 349 g/mol. The fraction of sp³-hybridized carbons (Fsp3) is 0.538. The van der Waals surface area contributed by atoms with Gasteiger partial charge in [-0.05, 0) is 52.4 Å². The SMILES string of the molecule is CC1(CNS(=O)(=O)c2ccc(Br)c(F)c2)CCOCC1. The van der Waals surface area contributed by atoms with Crippen LogP contribution in [0.4, 0.5) is 4.39 Å². The largest absolute Gasteiger partial charge is 0.381 e. The van der Waals surface area contributed by atoms with Crippen molar-refractivity contribution >= 4 is 26.0 Å². The van der Waals surface area contributed by atoms with E-state index in [2.05, 4.69) is 20.7 Å². The fourth-order valence-corrected chi connectivity index (χ4v) is 3.50. The maximum atomic E-state index is 13.4. The Morgan fingerprint density at radius 2 is 2.05 bits per heavy atom. The van der Waals surface area contributed by atoms with Gasteiger partial charge in [0.15, 0.2) is 0 Å². The van der Waals surface area contributed by atoms with Crippen LogP contribution < -0.4 is 4.72 Å². The first kappa shape index (κ1) is 15.9. The fourth-order valence-electron chi connectivity index (χ4n) is 2.04. The van der Waals surface area contributed by atoms with Crippen molar-refractivity contribution in [1.29, 1.82) is 0 Å². The molecule has 1 fully saturated rings. The summed E-state index contributed by atoms with van der Waals surface area (Å²) in [5.74, 6) is -0.592. The molecule has 20 heavy (non-hydrogen) atoms. The van der Waals surface area contributed by atoms with Gasteiger partial charge in [0.25, 0.3) is 0 Å². The van der Waals surface area contributed by atoms with Crippen LogP contribution in [-0.2, 0) is 14.8 Å². The lowest BCUT2D eigenvalue weighted by atomic mass is 9.83. The summed E-state index contributed by atoms with van der Waals surface area (Å²) in [6.45, 7) is 3.65. The molecule has 1 aliphatic rings. The second kappa shape index (κ2) is 6.09. The molecule has 0 aliphatic carbocycles. The van der Waals surface area contributed by atoms with Crippen LogP contribution >= 0.6 is 15.9 Å². The number of rotatable bonds is 4. The van der Waals surface area contributed by atoms with Crippen LogP contribution in [0.15, 0.2) is 27.6 Å². The van der Waals surface area contributed by atoms with Crippen LogP contribution in [0.25, 0.3) is 0 Å². The first-order valence-electron chi connectivity index (χ1n) is 6.35. The summed E-state index contributed by atoms with van der Waals surface area (Å²) in [5, 5.41) is 0. The van der Waals surface area contributed by atoms with Crippen molar-refractivity contribution in [3.8, 4) is 0 Å². The van der Waals surface area contributed by atoms with E-state index in [1.54, 1.807) is 0 Å². The Hall–Kier alpha value is -0.500. The highest BCUT2D eigenvalue weighted by molar-refractivity contribution is 9.10. The Bertz CT molecular complexity index is 585. The van der Waals surface area contributed by atoms with Gasteiger partial charge in [-0.25, -0.2) is 17.5 Å². The molecule has 0 unspecified atom stereocenters. The van der Waals surface area contributed by atoms with Gasteiger partial charge in [-0.3, -0.25) is 0 Å². The van der Waals surface area contributed by atoms with Crippen molar-refractivity contribution in [3.05, 3.63) is 28.5 Å². The van der Waals surface area contributed by atoms with Crippen molar-refractivity contribution < 1.29 is 17.5 Å². The molecule has 0 spiro atoms. The normalized spacial score (nSPS) is 18.9. The van der Waals surface area contributed by atoms with Crippen LogP contribution in [0.2, 0.25) is 0 Å². The van der Waals surface area contributed by atoms with Gasteiger partial charge in [-0.2, -0.15) is 0 Å². The van der Waals surface area contributed by atoms with Crippen molar-refractivity contribution in [2.45, 2.75) is 24.7 Å². The van der Waals surface area contributed by atoms with Crippen LogP contribution in [0.5, 0.6) is 0 Å². The number of hydrogen-bond donors (Lipinski definition) is 1. The van der Waals surface area contributed by atoms with E-state index >= 15 is 0 Å². The van der Waals surface area contributed by atoms with Crippen molar-refractivity contribution in [1.82, 2.24) is 4.72 Å². The highest BCUT2D eigenvalue weighted by Gasteiger charge is 2.29. The monoisotopic (exact) mass is 365 g/mol. The molecule has 0 radical (unpaired) electrons. The van der Waals surface area contributed by atoms with Gasteiger partial charge in [0.1, 0.15) is 5.82 Å². The Balaban J connectivity index is 2.09. The quantitative estimate of drug-likeness (QED) is 0.892. The maximum Gasteiger partial charge on any atom is 0.240 e. The third kappa shape index (κ3) is 3.78. The number of benzene rings is 1. The molecule has 1 saturated heterocycles. The zero-order valence-electron chi connectivity index (χ0n) is 11.2. The maximum absolute atomic E-state index is 13.4. The second-order valence-corrected chi connectivity index (χ2v) is 7.94. The average Bonchev–Trinajstić information content (AvgIpc) is 2.41. The highest BCUT2D eigenvalue weighted by Crippen LogP contribution is 2.29. The van der Waals surface area contributed by atoms with Gasteiger partial charge in [-0.1, -0.05) is 6.92 Å². The summed E-state index contributed by atoms with van der Waals surface area (Å²) < 4.78 is 45.8. The molecule has 0 saturated carbocycles. The van der Waals surface area contributed by atoms with Crippen LogP contribution in [0.3, 0.4) is 0 Å². The minimum Gasteiger partial charge on any atom is -0.381 e. The van der Waals surface area contributed by atoms with Crippen molar-refractivity contribution in [2.75, 3.05) is 19.8 Å². The predicted octanol–water partition coefficient (Wildman–Crippen LogP) is 2.68. The molecule has 1 N–H and O–H groups in total. The number of ether oxygens (including phenoxy) is 1. The van der Waals surface area contributed by atoms with Gasteiger partial charge in [0, 0.05) is 19.8 Å². The first-order chi connectivity index (χ1) is 9.32. The summed E-state index contributed by atoms with van der Waals surface area (Å²) in [5.41, 5.74) is -0.112. The topological polar surface area (TPSA) is 55.4 Å². The predicted molar refractivity (Wildman–Crippen MR) is 77.4 cm³/mol. The zero-order valence-corrected chi connectivity index (χ0v) is 13.6. The zero-order chi connectivity index (χ0) is 14.8. The van der Waals surface area contributed by atoms with E-state index in [0.717, 1.165) is 18.9 Å². The van der Waals surface area contributed by atoms with Crippen LogP contribution in [-0.4, -0.2) is 28.2 Å². The standard InChI is InChI=1S/C13H17BrFNO3S/c1-13(4-6-19-7-5-13)9-16-20(17,18)10-2-3-11(14)12(15)8-10/h2-3,8,16H,4-7,9H2,1H3. The average molecular weight is 366 g/mol. The Morgan fingerprint density at radius 1 is 1.40 bits per heavy atom. The molecule has 0 amide bonds. The first-order valence-corrected chi connectivity index (χ1v) is 8.63. The van der Waals surface area contributed by atoms with E-state index < -0.39 is 15.8 Å². The Labute approximate surface area is 126 Å². The van der Waals surface area contributed by atoms with E-state index in [9.17, 15) is 12.8 Å². The highest BCUT2D eigenvalue weighted by atomic mass is 79.9.